The van der Waals surface area contributed by atoms with Crippen molar-refractivity contribution in [3.05, 3.63) is 95.0 Å². The molecular weight excluding hydrogens is 440 g/mol. The molecule has 0 aliphatic heterocycles. The maximum Gasteiger partial charge on any atom is 0.252 e. The minimum absolute atomic E-state index is 0.0219. The zero-order valence-electron chi connectivity index (χ0n) is 18.3. The van der Waals surface area contributed by atoms with Crippen LogP contribution in [0.3, 0.4) is 0 Å². The SMILES string of the molecule is CCO[C@H](CNC(=O)c1ccccc1Cl)[C@@H](O)CNC(=O)c1ccc(-c2ccccc2)cc1. The predicted molar refractivity (Wildman–Crippen MR) is 129 cm³/mol. The van der Waals surface area contributed by atoms with E-state index in [0.717, 1.165) is 11.1 Å². The van der Waals surface area contributed by atoms with Gasteiger partial charge in [0.2, 0.25) is 0 Å². The maximum atomic E-state index is 12.5. The summed E-state index contributed by atoms with van der Waals surface area (Å²) < 4.78 is 5.57. The molecule has 0 saturated heterocycles. The topological polar surface area (TPSA) is 87.7 Å². The molecule has 6 nitrogen and oxygen atoms in total. The standard InChI is InChI=1S/C26H27ClN2O4/c1-2-33-24(17-29-26(32)21-10-6-7-11-22(21)27)23(30)16-28-25(31)20-14-12-19(13-15-20)18-8-4-3-5-9-18/h3-15,23-24,30H,2,16-17H2,1H3,(H,28,31)(H,29,32)/t23-,24+/m0/s1. The van der Waals surface area contributed by atoms with Crippen molar-refractivity contribution < 1.29 is 19.4 Å². The van der Waals surface area contributed by atoms with Crippen molar-refractivity contribution in [2.24, 2.45) is 0 Å². The Hall–Kier alpha value is -3.19. The molecule has 2 atom stereocenters. The van der Waals surface area contributed by atoms with Crippen molar-refractivity contribution in [2.75, 3.05) is 19.7 Å². The van der Waals surface area contributed by atoms with Crippen molar-refractivity contribution in [3.8, 4) is 11.1 Å². The number of hydrogen-bond acceptors (Lipinski definition) is 4. The fourth-order valence-electron chi connectivity index (χ4n) is 3.33. The molecule has 0 aromatic heterocycles. The van der Waals surface area contributed by atoms with Crippen LogP contribution in [-0.2, 0) is 4.74 Å². The van der Waals surface area contributed by atoms with Crippen LogP contribution in [0.4, 0.5) is 0 Å². The Bertz CT molecular complexity index is 1060. The van der Waals surface area contributed by atoms with Crippen LogP contribution in [0.1, 0.15) is 27.6 Å². The second-order valence-corrected chi connectivity index (χ2v) is 7.81. The van der Waals surface area contributed by atoms with Crippen LogP contribution in [0.5, 0.6) is 0 Å². The van der Waals surface area contributed by atoms with Gasteiger partial charge >= 0.3 is 0 Å². The highest BCUT2D eigenvalue weighted by Gasteiger charge is 2.22. The van der Waals surface area contributed by atoms with Crippen LogP contribution < -0.4 is 10.6 Å². The van der Waals surface area contributed by atoms with Gasteiger partial charge in [-0.1, -0.05) is 66.2 Å². The van der Waals surface area contributed by atoms with Gasteiger partial charge in [0, 0.05) is 25.3 Å². The van der Waals surface area contributed by atoms with Crippen LogP contribution in [-0.4, -0.2) is 48.8 Å². The predicted octanol–water partition coefficient (Wildman–Crippen LogP) is 3.93. The molecule has 7 heteroatoms. The fraction of sp³-hybridized carbons (Fsp3) is 0.231. The molecule has 2 amide bonds. The van der Waals surface area contributed by atoms with E-state index in [1.165, 1.54) is 0 Å². The average molecular weight is 467 g/mol. The number of halogens is 1. The number of ether oxygens (including phenoxy) is 1. The monoisotopic (exact) mass is 466 g/mol. The molecular formula is C26H27ClN2O4. The first-order valence-corrected chi connectivity index (χ1v) is 11.1. The number of rotatable bonds is 10. The second kappa shape index (κ2) is 12.2. The highest BCUT2D eigenvalue weighted by molar-refractivity contribution is 6.33. The summed E-state index contributed by atoms with van der Waals surface area (Å²) >= 11 is 6.06. The summed E-state index contributed by atoms with van der Waals surface area (Å²) in [5.74, 6) is -0.663. The first-order valence-electron chi connectivity index (χ1n) is 10.8. The molecule has 0 radical (unpaired) electrons. The Labute approximate surface area is 198 Å². The van der Waals surface area contributed by atoms with Gasteiger partial charge in [0.05, 0.1) is 16.7 Å². The molecule has 172 valence electrons. The van der Waals surface area contributed by atoms with E-state index in [4.69, 9.17) is 16.3 Å². The lowest BCUT2D eigenvalue weighted by Gasteiger charge is -2.23. The number of carbonyl (C=O) groups is 2. The lowest BCUT2D eigenvalue weighted by molar-refractivity contribution is -0.0287. The fourth-order valence-corrected chi connectivity index (χ4v) is 3.55. The Balaban J connectivity index is 1.53. The van der Waals surface area contributed by atoms with E-state index in [2.05, 4.69) is 10.6 Å². The van der Waals surface area contributed by atoms with Gasteiger partial charge in [0.15, 0.2) is 0 Å². The highest BCUT2D eigenvalue weighted by Crippen LogP contribution is 2.19. The zero-order chi connectivity index (χ0) is 23.6. The number of carbonyl (C=O) groups excluding carboxylic acids is 2. The summed E-state index contributed by atoms with van der Waals surface area (Å²) in [7, 11) is 0. The van der Waals surface area contributed by atoms with Gasteiger partial charge in [-0.05, 0) is 42.3 Å². The third-order valence-corrected chi connectivity index (χ3v) is 5.45. The van der Waals surface area contributed by atoms with E-state index in [0.29, 0.717) is 22.8 Å². The van der Waals surface area contributed by atoms with E-state index >= 15 is 0 Å². The van der Waals surface area contributed by atoms with Crippen LogP contribution in [0.2, 0.25) is 5.02 Å². The molecule has 0 spiro atoms. The summed E-state index contributed by atoms with van der Waals surface area (Å²) in [6.07, 6.45) is -1.70. The van der Waals surface area contributed by atoms with Crippen molar-refractivity contribution in [3.63, 3.8) is 0 Å². The minimum Gasteiger partial charge on any atom is -0.388 e. The molecule has 0 aliphatic rings. The molecule has 3 rings (SSSR count). The van der Waals surface area contributed by atoms with Gasteiger partial charge in [-0.25, -0.2) is 0 Å². The van der Waals surface area contributed by atoms with E-state index in [9.17, 15) is 14.7 Å². The van der Waals surface area contributed by atoms with Crippen LogP contribution in [0, 0.1) is 0 Å². The van der Waals surface area contributed by atoms with Gasteiger partial charge in [-0.2, -0.15) is 0 Å². The van der Waals surface area contributed by atoms with Crippen molar-refractivity contribution in [1.29, 1.82) is 0 Å². The molecule has 0 saturated carbocycles. The number of benzene rings is 3. The smallest absolute Gasteiger partial charge is 0.252 e. The Morgan fingerprint density at radius 1 is 0.848 bits per heavy atom. The van der Waals surface area contributed by atoms with Crippen molar-refractivity contribution in [2.45, 2.75) is 19.1 Å². The molecule has 3 aromatic rings. The minimum atomic E-state index is -1.01. The van der Waals surface area contributed by atoms with Gasteiger partial charge < -0.3 is 20.5 Å². The van der Waals surface area contributed by atoms with E-state index in [1.54, 1.807) is 43.3 Å². The lowest BCUT2D eigenvalue weighted by atomic mass is 10.0. The maximum absolute atomic E-state index is 12.5. The van der Waals surface area contributed by atoms with E-state index in [-0.39, 0.29) is 24.9 Å². The van der Waals surface area contributed by atoms with Crippen molar-refractivity contribution in [1.82, 2.24) is 10.6 Å². The normalized spacial score (nSPS) is 12.6. The number of amides is 2. The van der Waals surface area contributed by atoms with Crippen LogP contribution in [0.15, 0.2) is 78.9 Å². The zero-order valence-corrected chi connectivity index (χ0v) is 19.1. The molecule has 0 heterocycles. The second-order valence-electron chi connectivity index (χ2n) is 7.40. The van der Waals surface area contributed by atoms with Gasteiger partial charge in [-0.15, -0.1) is 0 Å². The van der Waals surface area contributed by atoms with Gasteiger partial charge in [-0.3, -0.25) is 9.59 Å². The highest BCUT2D eigenvalue weighted by atomic mass is 35.5. The third-order valence-electron chi connectivity index (χ3n) is 5.12. The molecule has 3 N–H and O–H groups in total. The Kier molecular flexibility index (Phi) is 9.01. The van der Waals surface area contributed by atoms with Crippen LogP contribution in [0.25, 0.3) is 11.1 Å². The first-order chi connectivity index (χ1) is 16.0. The Morgan fingerprint density at radius 3 is 2.12 bits per heavy atom. The molecule has 0 unspecified atom stereocenters. The number of hydrogen-bond donors (Lipinski definition) is 3. The number of aliphatic hydroxyl groups excluding tert-OH is 1. The summed E-state index contributed by atoms with van der Waals surface area (Å²) in [5.41, 5.74) is 2.91. The van der Waals surface area contributed by atoms with E-state index in [1.807, 2.05) is 42.5 Å². The summed E-state index contributed by atoms with van der Waals surface area (Å²) in [6, 6.07) is 23.8. The van der Waals surface area contributed by atoms with Gasteiger partial charge in [0.1, 0.15) is 6.10 Å². The first kappa shape index (κ1) is 24.5. The molecule has 0 aliphatic carbocycles. The molecule has 0 bridgehead atoms. The lowest BCUT2D eigenvalue weighted by Crippen LogP contribution is -2.46. The van der Waals surface area contributed by atoms with Crippen molar-refractivity contribution >= 4 is 23.4 Å². The molecule has 33 heavy (non-hydrogen) atoms. The third kappa shape index (κ3) is 6.89. The number of nitrogens with one attached hydrogen (secondary N) is 2. The quantitative estimate of drug-likeness (QED) is 0.422. The summed E-state index contributed by atoms with van der Waals surface area (Å²) in [6.45, 7) is 2.19. The number of aliphatic hydroxyl groups is 1. The van der Waals surface area contributed by atoms with E-state index < -0.39 is 12.2 Å². The summed E-state index contributed by atoms with van der Waals surface area (Å²) in [5, 5.41) is 16.3. The Morgan fingerprint density at radius 2 is 1.45 bits per heavy atom. The largest absolute Gasteiger partial charge is 0.388 e. The summed E-state index contributed by atoms with van der Waals surface area (Å²) in [4.78, 5) is 24.9. The van der Waals surface area contributed by atoms with Gasteiger partial charge in [0.25, 0.3) is 11.8 Å². The molecule has 3 aromatic carbocycles. The molecule has 0 fully saturated rings. The average Bonchev–Trinajstić information content (AvgIpc) is 2.85. The van der Waals surface area contributed by atoms with Crippen LogP contribution >= 0.6 is 11.6 Å².